The highest BCUT2D eigenvalue weighted by molar-refractivity contribution is 5.85. The van der Waals surface area contributed by atoms with E-state index in [1.165, 1.54) is 41.4 Å². The molecule has 0 aliphatic heterocycles. The second-order valence-corrected chi connectivity index (χ2v) is 4.93. The SMILES string of the molecule is Cc1[nH]c2ccccc2c1[C@H](N)C1CCC1. The maximum Gasteiger partial charge on any atom is 0.0459 e. The summed E-state index contributed by atoms with van der Waals surface area (Å²) < 4.78 is 0. The summed E-state index contributed by atoms with van der Waals surface area (Å²) in [5.74, 6) is 0.693. The van der Waals surface area contributed by atoms with Gasteiger partial charge in [-0.3, -0.25) is 0 Å². The molecule has 1 fully saturated rings. The van der Waals surface area contributed by atoms with Crippen LogP contribution in [0.2, 0.25) is 0 Å². The lowest BCUT2D eigenvalue weighted by Crippen LogP contribution is -2.27. The third kappa shape index (κ3) is 1.37. The summed E-state index contributed by atoms with van der Waals surface area (Å²) in [7, 11) is 0. The Balaban J connectivity index is 2.10. The Kier molecular flexibility index (Phi) is 2.25. The third-order valence-corrected chi connectivity index (χ3v) is 3.93. The molecule has 0 unspecified atom stereocenters. The highest BCUT2D eigenvalue weighted by Crippen LogP contribution is 2.39. The lowest BCUT2D eigenvalue weighted by atomic mass is 9.77. The second kappa shape index (κ2) is 3.63. The average Bonchev–Trinajstić information content (AvgIpc) is 2.50. The number of aryl methyl sites for hydroxylation is 1. The van der Waals surface area contributed by atoms with Crippen LogP contribution in [0.1, 0.15) is 36.6 Å². The van der Waals surface area contributed by atoms with Crippen molar-refractivity contribution in [1.82, 2.24) is 4.98 Å². The Bertz CT molecular complexity index is 508. The van der Waals surface area contributed by atoms with Gasteiger partial charge in [0.2, 0.25) is 0 Å². The van der Waals surface area contributed by atoms with E-state index in [1.54, 1.807) is 0 Å². The van der Waals surface area contributed by atoms with E-state index in [2.05, 4.69) is 36.2 Å². The van der Waals surface area contributed by atoms with Gasteiger partial charge in [-0.05, 0) is 37.3 Å². The first-order valence-corrected chi connectivity index (χ1v) is 6.10. The molecule has 1 aromatic carbocycles. The minimum atomic E-state index is 0.213. The van der Waals surface area contributed by atoms with E-state index in [0.29, 0.717) is 5.92 Å². The van der Waals surface area contributed by atoms with E-state index in [-0.39, 0.29) is 6.04 Å². The lowest BCUT2D eigenvalue weighted by molar-refractivity contribution is 0.265. The predicted molar refractivity (Wildman–Crippen MR) is 67.3 cm³/mol. The summed E-state index contributed by atoms with van der Waals surface area (Å²) in [4.78, 5) is 3.43. The van der Waals surface area contributed by atoms with Crippen LogP contribution in [0, 0.1) is 12.8 Å². The summed E-state index contributed by atoms with van der Waals surface area (Å²) in [5, 5.41) is 1.31. The van der Waals surface area contributed by atoms with Crippen LogP contribution in [0.15, 0.2) is 24.3 Å². The van der Waals surface area contributed by atoms with Crippen molar-refractivity contribution in [3.63, 3.8) is 0 Å². The van der Waals surface area contributed by atoms with E-state index in [1.807, 2.05) is 0 Å². The number of hydrogen-bond donors (Lipinski definition) is 2. The van der Waals surface area contributed by atoms with Gasteiger partial charge in [0.15, 0.2) is 0 Å². The molecule has 2 nitrogen and oxygen atoms in total. The molecular formula is C14H18N2. The fourth-order valence-electron chi connectivity index (χ4n) is 2.76. The number of aromatic nitrogens is 1. The van der Waals surface area contributed by atoms with Gasteiger partial charge in [0.25, 0.3) is 0 Å². The number of benzene rings is 1. The molecule has 1 aromatic heterocycles. The van der Waals surface area contributed by atoms with Gasteiger partial charge >= 0.3 is 0 Å². The normalized spacial score (nSPS) is 18.6. The minimum Gasteiger partial charge on any atom is -0.358 e. The summed E-state index contributed by atoms with van der Waals surface area (Å²) >= 11 is 0. The number of nitrogens with two attached hydrogens (primary N) is 1. The van der Waals surface area contributed by atoms with E-state index >= 15 is 0 Å². The Labute approximate surface area is 95.8 Å². The van der Waals surface area contributed by atoms with Crippen molar-refractivity contribution in [2.24, 2.45) is 11.7 Å². The molecule has 84 valence electrons. The molecule has 0 bridgehead atoms. The molecule has 1 heterocycles. The molecule has 3 N–H and O–H groups in total. The maximum atomic E-state index is 6.39. The third-order valence-electron chi connectivity index (χ3n) is 3.93. The summed E-state index contributed by atoms with van der Waals surface area (Å²) in [6.45, 7) is 2.13. The molecule has 1 atom stereocenters. The number of nitrogens with one attached hydrogen (secondary N) is 1. The molecular weight excluding hydrogens is 196 g/mol. The van der Waals surface area contributed by atoms with Crippen LogP contribution in [0.3, 0.4) is 0 Å². The van der Waals surface area contributed by atoms with Gasteiger partial charge in [0.1, 0.15) is 0 Å². The topological polar surface area (TPSA) is 41.8 Å². The van der Waals surface area contributed by atoms with E-state index in [0.717, 1.165) is 0 Å². The fraction of sp³-hybridized carbons (Fsp3) is 0.429. The molecule has 1 aliphatic rings. The van der Waals surface area contributed by atoms with Gasteiger partial charge < -0.3 is 10.7 Å². The molecule has 0 spiro atoms. The first-order valence-electron chi connectivity index (χ1n) is 6.10. The number of H-pyrrole nitrogens is 1. The van der Waals surface area contributed by atoms with Gasteiger partial charge in [-0.25, -0.2) is 0 Å². The molecule has 1 saturated carbocycles. The van der Waals surface area contributed by atoms with Crippen LogP contribution in [0.25, 0.3) is 10.9 Å². The first-order chi connectivity index (χ1) is 7.77. The number of fused-ring (bicyclic) bond motifs is 1. The number of para-hydroxylation sites is 1. The highest BCUT2D eigenvalue weighted by atomic mass is 14.8. The minimum absolute atomic E-state index is 0.213. The Morgan fingerprint density at radius 3 is 2.75 bits per heavy atom. The van der Waals surface area contributed by atoms with Crippen LogP contribution < -0.4 is 5.73 Å². The van der Waals surface area contributed by atoms with E-state index < -0.39 is 0 Å². The highest BCUT2D eigenvalue weighted by Gasteiger charge is 2.28. The zero-order valence-corrected chi connectivity index (χ0v) is 9.66. The first kappa shape index (κ1) is 9.91. The smallest absolute Gasteiger partial charge is 0.0459 e. The fourth-order valence-corrected chi connectivity index (χ4v) is 2.76. The van der Waals surface area contributed by atoms with Crippen LogP contribution in [0.5, 0.6) is 0 Å². The van der Waals surface area contributed by atoms with Gasteiger partial charge in [-0.1, -0.05) is 24.6 Å². The van der Waals surface area contributed by atoms with Gasteiger partial charge in [-0.15, -0.1) is 0 Å². The standard InChI is InChI=1S/C14H18N2/c1-9-13(14(15)10-5-4-6-10)11-7-2-3-8-12(11)16-9/h2-3,7-8,10,14,16H,4-6,15H2,1H3/t14-/m1/s1. The quantitative estimate of drug-likeness (QED) is 0.791. The molecule has 2 aromatic rings. The van der Waals surface area contributed by atoms with Crippen molar-refractivity contribution >= 4 is 10.9 Å². The number of hydrogen-bond acceptors (Lipinski definition) is 1. The van der Waals surface area contributed by atoms with E-state index in [4.69, 9.17) is 5.73 Å². The lowest BCUT2D eigenvalue weighted by Gasteiger charge is -2.31. The zero-order chi connectivity index (χ0) is 11.1. The van der Waals surface area contributed by atoms with Crippen LogP contribution in [0.4, 0.5) is 0 Å². The Hall–Kier alpha value is -1.28. The van der Waals surface area contributed by atoms with Gasteiger partial charge in [0.05, 0.1) is 0 Å². The van der Waals surface area contributed by atoms with Crippen molar-refractivity contribution in [3.8, 4) is 0 Å². The van der Waals surface area contributed by atoms with Crippen LogP contribution in [-0.2, 0) is 0 Å². The molecule has 16 heavy (non-hydrogen) atoms. The van der Waals surface area contributed by atoms with Crippen molar-refractivity contribution in [2.45, 2.75) is 32.2 Å². The van der Waals surface area contributed by atoms with Gasteiger partial charge in [-0.2, -0.15) is 0 Å². The predicted octanol–water partition coefficient (Wildman–Crippen LogP) is 3.28. The molecule has 0 amide bonds. The average molecular weight is 214 g/mol. The molecule has 3 rings (SSSR count). The molecule has 0 saturated heterocycles. The molecule has 2 heteroatoms. The van der Waals surface area contributed by atoms with E-state index in [9.17, 15) is 0 Å². The number of aromatic amines is 1. The zero-order valence-electron chi connectivity index (χ0n) is 9.66. The summed E-state index contributed by atoms with van der Waals surface area (Å²) in [6, 6.07) is 8.67. The maximum absolute atomic E-state index is 6.39. The van der Waals surface area contributed by atoms with Crippen LogP contribution in [-0.4, -0.2) is 4.98 Å². The van der Waals surface area contributed by atoms with Crippen LogP contribution >= 0.6 is 0 Å². The number of rotatable bonds is 2. The molecule has 0 radical (unpaired) electrons. The Morgan fingerprint density at radius 1 is 1.31 bits per heavy atom. The summed E-state index contributed by atoms with van der Waals surface area (Å²) in [5.41, 5.74) is 10.2. The summed E-state index contributed by atoms with van der Waals surface area (Å²) in [6.07, 6.45) is 3.93. The van der Waals surface area contributed by atoms with Crippen molar-refractivity contribution in [3.05, 3.63) is 35.5 Å². The largest absolute Gasteiger partial charge is 0.358 e. The van der Waals surface area contributed by atoms with Crippen molar-refractivity contribution in [1.29, 1.82) is 0 Å². The Morgan fingerprint density at radius 2 is 2.06 bits per heavy atom. The van der Waals surface area contributed by atoms with Crippen molar-refractivity contribution in [2.75, 3.05) is 0 Å². The monoisotopic (exact) mass is 214 g/mol. The second-order valence-electron chi connectivity index (χ2n) is 4.93. The van der Waals surface area contributed by atoms with Gasteiger partial charge in [0, 0.05) is 22.6 Å². The van der Waals surface area contributed by atoms with Crippen molar-refractivity contribution < 1.29 is 0 Å². The molecule has 1 aliphatic carbocycles.